The Morgan fingerprint density at radius 1 is 1.00 bits per heavy atom. The lowest BCUT2D eigenvalue weighted by Gasteiger charge is -2.34. The van der Waals surface area contributed by atoms with Gasteiger partial charge in [-0.05, 0) is 18.2 Å². The molecule has 1 aliphatic rings. The molecule has 0 N–H and O–H groups in total. The summed E-state index contributed by atoms with van der Waals surface area (Å²) >= 11 is 1.17. The highest BCUT2D eigenvalue weighted by molar-refractivity contribution is 7.99. The Kier molecular flexibility index (Phi) is 5.45. The largest absolute Gasteiger partial charge is 0.348 e. The molecule has 8 nitrogen and oxygen atoms in total. The molecule has 0 aromatic heterocycles. The van der Waals surface area contributed by atoms with Crippen molar-refractivity contribution in [2.75, 3.05) is 13.2 Å². The van der Waals surface area contributed by atoms with E-state index < -0.39 is 16.1 Å². The summed E-state index contributed by atoms with van der Waals surface area (Å²) in [7, 11) is 0. The first-order valence-electron chi connectivity index (χ1n) is 8.19. The molecule has 1 fully saturated rings. The SMILES string of the molecule is CC1(C)COC(c2ccc(Sc3ccc([N+](=O)[O-])cc3[N+](=O)[O-])cc2)OC1. The van der Waals surface area contributed by atoms with Gasteiger partial charge in [-0.3, -0.25) is 20.2 Å². The Hall–Kier alpha value is -2.49. The molecule has 0 bridgehead atoms. The third-order valence-electron chi connectivity index (χ3n) is 3.98. The number of benzene rings is 2. The molecule has 3 rings (SSSR count). The number of nitro benzene ring substituents is 2. The van der Waals surface area contributed by atoms with Gasteiger partial charge in [-0.2, -0.15) is 0 Å². The van der Waals surface area contributed by atoms with Crippen LogP contribution >= 0.6 is 11.8 Å². The lowest BCUT2D eigenvalue weighted by molar-refractivity contribution is -0.396. The molecule has 1 heterocycles. The molecule has 0 amide bonds. The van der Waals surface area contributed by atoms with Gasteiger partial charge < -0.3 is 9.47 Å². The van der Waals surface area contributed by atoms with Gasteiger partial charge >= 0.3 is 0 Å². The Labute approximate surface area is 159 Å². The molecule has 2 aromatic rings. The van der Waals surface area contributed by atoms with Crippen LogP contribution in [0.2, 0.25) is 0 Å². The van der Waals surface area contributed by atoms with Crippen LogP contribution in [0.1, 0.15) is 25.7 Å². The fraction of sp³-hybridized carbons (Fsp3) is 0.333. The van der Waals surface area contributed by atoms with Crippen molar-refractivity contribution in [3.05, 3.63) is 68.3 Å². The normalized spacial score (nSPS) is 16.8. The van der Waals surface area contributed by atoms with E-state index >= 15 is 0 Å². The van der Waals surface area contributed by atoms with E-state index in [4.69, 9.17) is 9.47 Å². The van der Waals surface area contributed by atoms with Gasteiger partial charge in [-0.1, -0.05) is 37.7 Å². The van der Waals surface area contributed by atoms with E-state index in [0.29, 0.717) is 18.1 Å². The number of nitro groups is 2. The van der Waals surface area contributed by atoms with Gasteiger partial charge in [-0.15, -0.1) is 0 Å². The molecule has 142 valence electrons. The topological polar surface area (TPSA) is 105 Å². The number of nitrogens with zero attached hydrogens (tertiary/aromatic N) is 2. The third-order valence-corrected chi connectivity index (χ3v) is 5.05. The first-order valence-corrected chi connectivity index (χ1v) is 9.01. The van der Waals surface area contributed by atoms with E-state index in [0.717, 1.165) is 16.5 Å². The average molecular weight is 390 g/mol. The van der Waals surface area contributed by atoms with E-state index in [1.807, 2.05) is 24.3 Å². The average Bonchev–Trinajstić information content (AvgIpc) is 2.62. The quantitative estimate of drug-likeness (QED) is 0.537. The van der Waals surface area contributed by atoms with Crippen LogP contribution in [0.25, 0.3) is 0 Å². The van der Waals surface area contributed by atoms with Crippen LogP contribution in [0.3, 0.4) is 0 Å². The summed E-state index contributed by atoms with van der Waals surface area (Å²) in [5.41, 5.74) is 0.254. The third kappa shape index (κ3) is 4.62. The monoisotopic (exact) mass is 390 g/mol. The van der Waals surface area contributed by atoms with Crippen molar-refractivity contribution in [2.24, 2.45) is 5.41 Å². The van der Waals surface area contributed by atoms with Gasteiger partial charge in [0, 0.05) is 21.9 Å². The highest BCUT2D eigenvalue weighted by atomic mass is 32.2. The summed E-state index contributed by atoms with van der Waals surface area (Å²) in [6.45, 7) is 5.34. The summed E-state index contributed by atoms with van der Waals surface area (Å²) < 4.78 is 11.5. The Morgan fingerprint density at radius 3 is 2.19 bits per heavy atom. The van der Waals surface area contributed by atoms with Gasteiger partial charge in [0.1, 0.15) is 0 Å². The predicted molar refractivity (Wildman–Crippen MR) is 98.7 cm³/mol. The van der Waals surface area contributed by atoms with Crippen molar-refractivity contribution in [2.45, 2.75) is 29.9 Å². The minimum Gasteiger partial charge on any atom is -0.348 e. The molecular formula is C18H18N2O6S. The zero-order chi connectivity index (χ0) is 19.6. The lowest BCUT2D eigenvalue weighted by Crippen LogP contribution is -2.33. The van der Waals surface area contributed by atoms with E-state index in [-0.39, 0.29) is 16.8 Å². The molecule has 1 aliphatic heterocycles. The van der Waals surface area contributed by atoms with Gasteiger partial charge in [0.15, 0.2) is 6.29 Å². The van der Waals surface area contributed by atoms with Crippen LogP contribution < -0.4 is 0 Å². The minimum atomic E-state index is -0.651. The number of hydrogen-bond donors (Lipinski definition) is 0. The molecule has 0 atom stereocenters. The zero-order valence-corrected chi connectivity index (χ0v) is 15.6. The molecule has 1 saturated heterocycles. The Morgan fingerprint density at radius 2 is 1.63 bits per heavy atom. The number of hydrogen-bond acceptors (Lipinski definition) is 7. The molecule has 27 heavy (non-hydrogen) atoms. The number of rotatable bonds is 5. The van der Waals surface area contributed by atoms with Crippen molar-refractivity contribution >= 4 is 23.1 Å². The molecule has 0 saturated carbocycles. The van der Waals surface area contributed by atoms with Crippen LogP contribution in [-0.2, 0) is 9.47 Å². The van der Waals surface area contributed by atoms with Crippen molar-refractivity contribution in [3.8, 4) is 0 Å². The van der Waals surface area contributed by atoms with E-state index in [2.05, 4.69) is 13.8 Å². The van der Waals surface area contributed by atoms with Crippen LogP contribution in [-0.4, -0.2) is 23.1 Å². The van der Waals surface area contributed by atoms with Gasteiger partial charge in [-0.25, -0.2) is 0 Å². The highest BCUT2D eigenvalue weighted by Gasteiger charge is 2.29. The minimum absolute atomic E-state index is 0.0127. The molecule has 0 radical (unpaired) electrons. The first kappa shape index (κ1) is 19.3. The van der Waals surface area contributed by atoms with Crippen molar-refractivity contribution < 1.29 is 19.3 Å². The standard InChI is InChI=1S/C18H18N2O6S/c1-18(2)10-25-17(26-11-18)12-3-6-14(7-4-12)27-16-8-5-13(19(21)22)9-15(16)20(23)24/h3-9,17H,10-11H2,1-2H3. The second-order valence-electron chi connectivity index (χ2n) is 6.96. The Balaban J connectivity index is 1.75. The smallest absolute Gasteiger partial charge is 0.290 e. The van der Waals surface area contributed by atoms with Crippen LogP contribution in [0, 0.1) is 25.6 Å². The summed E-state index contributed by atoms with van der Waals surface area (Å²) in [6, 6.07) is 11.0. The van der Waals surface area contributed by atoms with E-state index in [9.17, 15) is 20.2 Å². The lowest BCUT2D eigenvalue weighted by atomic mass is 9.95. The summed E-state index contributed by atoms with van der Waals surface area (Å²) in [5.74, 6) is 0. The molecule has 2 aromatic carbocycles. The molecule has 0 unspecified atom stereocenters. The molecule has 0 spiro atoms. The van der Waals surface area contributed by atoms with Crippen molar-refractivity contribution in [3.63, 3.8) is 0 Å². The molecule has 0 aliphatic carbocycles. The van der Waals surface area contributed by atoms with Crippen LogP contribution in [0.5, 0.6) is 0 Å². The maximum absolute atomic E-state index is 11.2. The fourth-order valence-electron chi connectivity index (χ4n) is 2.55. The molecular weight excluding hydrogens is 372 g/mol. The van der Waals surface area contributed by atoms with Crippen LogP contribution in [0.4, 0.5) is 11.4 Å². The predicted octanol–water partition coefficient (Wildman–Crippen LogP) is 4.73. The highest BCUT2D eigenvalue weighted by Crippen LogP contribution is 2.38. The summed E-state index contributed by atoms with van der Waals surface area (Å²) in [6.07, 6.45) is -0.425. The zero-order valence-electron chi connectivity index (χ0n) is 14.8. The second kappa shape index (κ2) is 7.63. The van der Waals surface area contributed by atoms with Gasteiger partial charge in [0.2, 0.25) is 0 Å². The fourth-order valence-corrected chi connectivity index (χ4v) is 3.45. The maximum atomic E-state index is 11.2. The Bertz CT molecular complexity index is 859. The summed E-state index contributed by atoms with van der Waals surface area (Å²) in [4.78, 5) is 21.9. The maximum Gasteiger partial charge on any atom is 0.290 e. The van der Waals surface area contributed by atoms with Crippen molar-refractivity contribution in [1.29, 1.82) is 0 Å². The van der Waals surface area contributed by atoms with E-state index in [1.165, 1.54) is 23.9 Å². The second-order valence-corrected chi connectivity index (χ2v) is 8.07. The summed E-state index contributed by atoms with van der Waals surface area (Å²) in [5, 5.41) is 22.1. The molecule has 9 heteroatoms. The number of non-ortho nitro benzene ring substituents is 1. The number of ether oxygens (including phenoxy) is 2. The van der Waals surface area contributed by atoms with E-state index in [1.54, 1.807) is 0 Å². The van der Waals surface area contributed by atoms with Gasteiger partial charge in [0.05, 0.1) is 34.0 Å². The van der Waals surface area contributed by atoms with Crippen LogP contribution in [0.15, 0.2) is 52.3 Å². The van der Waals surface area contributed by atoms with Crippen molar-refractivity contribution in [1.82, 2.24) is 0 Å². The first-order chi connectivity index (χ1) is 12.7. The van der Waals surface area contributed by atoms with Gasteiger partial charge in [0.25, 0.3) is 11.4 Å².